The second-order valence-electron chi connectivity index (χ2n) is 5.94. The molecule has 4 N–H and O–H groups in total. The lowest BCUT2D eigenvalue weighted by atomic mass is 9.99. The summed E-state index contributed by atoms with van der Waals surface area (Å²) in [6.07, 6.45) is -3.22. The summed E-state index contributed by atoms with van der Waals surface area (Å²) < 4.78 is 20.7. The standard InChI is InChI=1S/C17H21NO8/c1-23-17-16(22)15(21)14(20)12(26-17)7-18-13(19)5-3-9-2-4-10-11(6-9)25-8-24-10/h2-6,12,14-17,20-22H,7-8H2,1H3,(H,18,19)/b5-3+/t12-,14-,15+,16+,17+/m1/s1. The van der Waals surface area contributed by atoms with Crippen molar-refractivity contribution in [3.63, 3.8) is 0 Å². The number of rotatable bonds is 5. The highest BCUT2D eigenvalue weighted by Gasteiger charge is 2.43. The first-order chi connectivity index (χ1) is 12.5. The van der Waals surface area contributed by atoms with E-state index in [0.29, 0.717) is 11.5 Å². The number of carbonyl (C=O) groups excluding carboxylic acids is 1. The lowest BCUT2D eigenvalue weighted by Crippen LogP contribution is -2.60. The van der Waals surface area contributed by atoms with E-state index in [0.717, 1.165) is 5.56 Å². The molecule has 9 nitrogen and oxygen atoms in total. The summed E-state index contributed by atoms with van der Waals surface area (Å²) in [5.74, 6) is 0.862. The van der Waals surface area contributed by atoms with Gasteiger partial charge in [-0.05, 0) is 23.8 Å². The van der Waals surface area contributed by atoms with E-state index >= 15 is 0 Å². The average molecular weight is 367 g/mol. The fourth-order valence-electron chi connectivity index (χ4n) is 2.73. The van der Waals surface area contributed by atoms with Crippen molar-refractivity contribution in [1.29, 1.82) is 0 Å². The zero-order valence-electron chi connectivity index (χ0n) is 14.1. The van der Waals surface area contributed by atoms with Gasteiger partial charge in [-0.2, -0.15) is 0 Å². The van der Waals surface area contributed by atoms with Gasteiger partial charge in [-0.15, -0.1) is 0 Å². The molecular weight excluding hydrogens is 346 g/mol. The smallest absolute Gasteiger partial charge is 0.244 e. The molecule has 0 spiro atoms. The number of carbonyl (C=O) groups is 1. The highest BCUT2D eigenvalue weighted by molar-refractivity contribution is 5.91. The Morgan fingerprint density at radius 1 is 1.23 bits per heavy atom. The number of aliphatic hydroxyl groups is 3. The van der Waals surface area contributed by atoms with Crippen LogP contribution in [0.1, 0.15) is 5.56 Å². The summed E-state index contributed by atoms with van der Waals surface area (Å²) in [5, 5.41) is 32.0. The summed E-state index contributed by atoms with van der Waals surface area (Å²) in [6.45, 7) is 0.116. The number of hydrogen-bond donors (Lipinski definition) is 4. The monoisotopic (exact) mass is 367 g/mol. The molecule has 0 unspecified atom stereocenters. The van der Waals surface area contributed by atoms with Gasteiger partial charge in [-0.25, -0.2) is 0 Å². The minimum Gasteiger partial charge on any atom is -0.454 e. The maximum atomic E-state index is 12.0. The number of benzene rings is 1. The predicted octanol–water partition coefficient (Wildman–Crippen LogP) is -1.00. The van der Waals surface area contributed by atoms with E-state index < -0.39 is 36.6 Å². The third-order valence-electron chi connectivity index (χ3n) is 4.20. The van der Waals surface area contributed by atoms with Crippen LogP contribution in [0.4, 0.5) is 0 Å². The zero-order valence-corrected chi connectivity index (χ0v) is 14.1. The van der Waals surface area contributed by atoms with Crippen molar-refractivity contribution in [1.82, 2.24) is 5.32 Å². The van der Waals surface area contributed by atoms with Gasteiger partial charge in [0.05, 0.1) is 0 Å². The van der Waals surface area contributed by atoms with Crippen LogP contribution < -0.4 is 14.8 Å². The van der Waals surface area contributed by atoms with E-state index in [-0.39, 0.29) is 13.3 Å². The molecule has 3 rings (SSSR count). The molecule has 2 heterocycles. The van der Waals surface area contributed by atoms with Crippen molar-refractivity contribution in [2.45, 2.75) is 30.7 Å². The van der Waals surface area contributed by atoms with Crippen LogP contribution in [0.2, 0.25) is 0 Å². The summed E-state index contributed by atoms with van der Waals surface area (Å²) in [6, 6.07) is 5.29. The lowest BCUT2D eigenvalue weighted by Gasteiger charge is -2.39. The molecule has 1 amide bonds. The summed E-state index contributed by atoms with van der Waals surface area (Å²) >= 11 is 0. The number of amides is 1. The number of fused-ring (bicyclic) bond motifs is 1. The average Bonchev–Trinajstić information content (AvgIpc) is 3.11. The van der Waals surface area contributed by atoms with Gasteiger partial charge in [-0.3, -0.25) is 4.79 Å². The van der Waals surface area contributed by atoms with Crippen LogP contribution in [0, 0.1) is 0 Å². The molecule has 0 radical (unpaired) electrons. The Balaban J connectivity index is 1.53. The van der Waals surface area contributed by atoms with Crippen LogP contribution in [0.5, 0.6) is 11.5 Å². The van der Waals surface area contributed by atoms with Gasteiger partial charge in [0.25, 0.3) is 0 Å². The van der Waals surface area contributed by atoms with Gasteiger partial charge < -0.3 is 39.6 Å². The first-order valence-electron chi connectivity index (χ1n) is 8.07. The molecule has 1 saturated heterocycles. The Morgan fingerprint density at radius 3 is 2.77 bits per heavy atom. The van der Waals surface area contributed by atoms with Crippen LogP contribution in [0.15, 0.2) is 24.3 Å². The molecule has 0 saturated carbocycles. The molecule has 1 aromatic rings. The molecule has 5 atom stereocenters. The molecule has 142 valence electrons. The van der Waals surface area contributed by atoms with E-state index in [9.17, 15) is 20.1 Å². The maximum absolute atomic E-state index is 12.0. The Morgan fingerprint density at radius 2 is 2.00 bits per heavy atom. The Hall–Kier alpha value is -2.17. The number of ether oxygens (including phenoxy) is 4. The zero-order chi connectivity index (χ0) is 18.7. The van der Waals surface area contributed by atoms with Crippen LogP contribution in [-0.2, 0) is 14.3 Å². The molecule has 1 fully saturated rings. The molecular formula is C17H21NO8. The van der Waals surface area contributed by atoms with E-state index in [1.165, 1.54) is 13.2 Å². The van der Waals surface area contributed by atoms with Gasteiger partial charge in [-0.1, -0.05) is 6.07 Å². The number of hydrogen-bond acceptors (Lipinski definition) is 8. The summed E-state index contributed by atoms with van der Waals surface area (Å²) in [7, 11) is 1.31. The van der Waals surface area contributed by atoms with Crippen LogP contribution in [-0.4, -0.2) is 72.4 Å². The highest BCUT2D eigenvalue weighted by atomic mass is 16.7. The topological polar surface area (TPSA) is 127 Å². The van der Waals surface area contributed by atoms with Crippen molar-refractivity contribution in [2.24, 2.45) is 0 Å². The van der Waals surface area contributed by atoms with Crippen molar-refractivity contribution in [3.05, 3.63) is 29.8 Å². The van der Waals surface area contributed by atoms with Gasteiger partial charge in [0.15, 0.2) is 17.8 Å². The Kier molecular flexibility index (Phi) is 5.74. The minimum atomic E-state index is -1.43. The normalized spacial score (nSPS) is 30.5. The summed E-state index contributed by atoms with van der Waals surface area (Å²) in [4.78, 5) is 12.0. The van der Waals surface area contributed by atoms with Crippen LogP contribution in [0.25, 0.3) is 6.08 Å². The second-order valence-corrected chi connectivity index (χ2v) is 5.94. The van der Waals surface area contributed by atoms with Crippen molar-refractivity contribution < 1.29 is 39.1 Å². The van der Waals surface area contributed by atoms with Gasteiger partial charge in [0.2, 0.25) is 12.7 Å². The largest absolute Gasteiger partial charge is 0.454 e. The Labute approximate surface area is 149 Å². The van der Waals surface area contributed by atoms with E-state index in [1.54, 1.807) is 24.3 Å². The number of aliphatic hydroxyl groups excluding tert-OH is 3. The van der Waals surface area contributed by atoms with E-state index in [2.05, 4.69) is 5.32 Å². The SMILES string of the molecule is CO[C@H]1O[C@H](CNC(=O)/C=C/c2ccc3c(c2)OCO3)[C@@H](O)[C@H](O)[C@@H]1O. The van der Waals surface area contributed by atoms with Gasteiger partial charge in [0, 0.05) is 19.7 Å². The third kappa shape index (κ3) is 3.97. The van der Waals surface area contributed by atoms with Gasteiger partial charge >= 0.3 is 0 Å². The lowest BCUT2D eigenvalue weighted by molar-refractivity contribution is -0.288. The minimum absolute atomic E-state index is 0.0604. The first-order valence-corrected chi connectivity index (χ1v) is 8.07. The first kappa shape index (κ1) is 18.6. The molecule has 0 aliphatic carbocycles. The molecule has 26 heavy (non-hydrogen) atoms. The van der Waals surface area contributed by atoms with Crippen molar-refractivity contribution >= 4 is 12.0 Å². The predicted molar refractivity (Wildman–Crippen MR) is 88.3 cm³/mol. The quantitative estimate of drug-likeness (QED) is 0.488. The molecule has 0 aromatic heterocycles. The molecule has 1 aromatic carbocycles. The Bertz CT molecular complexity index is 677. The number of nitrogens with one attached hydrogen (secondary N) is 1. The fraction of sp³-hybridized carbons (Fsp3) is 0.471. The van der Waals surface area contributed by atoms with Crippen LogP contribution >= 0.6 is 0 Å². The van der Waals surface area contributed by atoms with Crippen molar-refractivity contribution in [3.8, 4) is 11.5 Å². The van der Waals surface area contributed by atoms with E-state index in [4.69, 9.17) is 18.9 Å². The maximum Gasteiger partial charge on any atom is 0.244 e. The fourth-order valence-corrected chi connectivity index (χ4v) is 2.73. The molecule has 2 aliphatic rings. The molecule has 9 heteroatoms. The van der Waals surface area contributed by atoms with Gasteiger partial charge in [0.1, 0.15) is 24.4 Å². The van der Waals surface area contributed by atoms with Crippen molar-refractivity contribution in [2.75, 3.05) is 20.4 Å². The van der Waals surface area contributed by atoms with E-state index in [1.807, 2.05) is 0 Å². The second kappa shape index (κ2) is 8.02. The summed E-state index contributed by atoms with van der Waals surface area (Å²) in [5.41, 5.74) is 0.761. The molecule has 2 aliphatic heterocycles. The van der Waals surface area contributed by atoms with Crippen LogP contribution in [0.3, 0.4) is 0 Å². The highest BCUT2D eigenvalue weighted by Crippen LogP contribution is 2.32. The number of methoxy groups -OCH3 is 1. The third-order valence-corrected chi connectivity index (χ3v) is 4.20. The molecule has 0 bridgehead atoms.